The van der Waals surface area contributed by atoms with Gasteiger partial charge in [0.25, 0.3) is 0 Å². The Morgan fingerprint density at radius 2 is 2.04 bits per heavy atom. The van der Waals surface area contributed by atoms with E-state index in [1.165, 1.54) is 5.69 Å². The lowest BCUT2D eigenvalue weighted by Gasteiger charge is -2.20. The van der Waals surface area contributed by atoms with E-state index < -0.39 is 0 Å². The summed E-state index contributed by atoms with van der Waals surface area (Å²) >= 11 is 0. The third-order valence-corrected chi connectivity index (χ3v) is 4.05. The summed E-state index contributed by atoms with van der Waals surface area (Å²) in [6.07, 6.45) is 1.49. The molecule has 2 rings (SSSR count). The van der Waals surface area contributed by atoms with Gasteiger partial charge in [-0.15, -0.1) is 24.0 Å². The summed E-state index contributed by atoms with van der Waals surface area (Å²) in [4.78, 5) is 18.6. The summed E-state index contributed by atoms with van der Waals surface area (Å²) in [7, 11) is 0. The number of nitrogens with zero attached hydrogens (tertiary/aromatic N) is 2. The molecule has 3 N–H and O–H groups in total. The molecule has 1 fully saturated rings. The van der Waals surface area contributed by atoms with Gasteiger partial charge in [0.2, 0.25) is 5.91 Å². The van der Waals surface area contributed by atoms with Gasteiger partial charge < -0.3 is 20.9 Å². The third-order valence-electron chi connectivity index (χ3n) is 4.05. The van der Waals surface area contributed by atoms with Crippen LogP contribution in [0, 0.1) is 0 Å². The van der Waals surface area contributed by atoms with Crippen molar-refractivity contribution in [3.63, 3.8) is 0 Å². The predicted molar refractivity (Wildman–Crippen MR) is 119 cm³/mol. The number of rotatable bonds is 7. The number of carbonyl (C=O) groups is 1. The van der Waals surface area contributed by atoms with Crippen molar-refractivity contribution in [1.82, 2.24) is 16.0 Å². The Morgan fingerprint density at radius 1 is 1.31 bits per heavy atom. The Balaban J connectivity index is 0.00000338. The lowest BCUT2D eigenvalue weighted by Crippen LogP contribution is -2.44. The van der Waals surface area contributed by atoms with Gasteiger partial charge in [0.15, 0.2) is 5.96 Å². The van der Waals surface area contributed by atoms with Crippen molar-refractivity contribution in [2.45, 2.75) is 45.7 Å². The molecule has 1 aliphatic rings. The van der Waals surface area contributed by atoms with Crippen LogP contribution in [-0.4, -0.2) is 50.1 Å². The summed E-state index contributed by atoms with van der Waals surface area (Å²) in [5.74, 6) is 0.838. The standard InChI is InChI=1S/C19H31N5O.HI/c1-4-20-19(21-12-10-18(25)22-15(2)3)23-16-11-13-24(14-16)17-8-6-5-7-9-17;/h5-9,15-16H,4,10-14H2,1-3H3,(H,22,25)(H2,20,21,23);1H. The van der Waals surface area contributed by atoms with E-state index in [9.17, 15) is 4.79 Å². The van der Waals surface area contributed by atoms with Crippen molar-refractivity contribution >= 4 is 41.5 Å². The van der Waals surface area contributed by atoms with E-state index in [0.29, 0.717) is 19.0 Å². The first kappa shape index (κ1) is 22.5. The lowest BCUT2D eigenvalue weighted by molar-refractivity contribution is -0.121. The quantitative estimate of drug-likeness (QED) is 0.323. The second kappa shape index (κ2) is 12.0. The highest BCUT2D eigenvalue weighted by molar-refractivity contribution is 14.0. The topological polar surface area (TPSA) is 68.8 Å². The molecule has 0 aromatic heterocycles. The minimum absolute atomic E-state index is 0. The Morgan fingerprint density at radius 3 is 2.69 bits per heavy atom. The molecule has 0 radical (unpaired) electrons. The van der Waals surface area contributed by atoms with Gasteiger partial charge in [-0.25, -0.2) is 0 Å². The van der Waals surface area contributed by atoms with E-state index >= 15 is 0 Å². The molecule has 1 aromatic rings. The van der Waals surface area contributed by atoms with Crippen LogP contribution in [0.1, 0.15) is 33.6 Å². The first-order valence-corrected chi connectivity index (χ1v) is 9.22. The van der Waals surface area contributed by atoms with E-state index in [-0.39, 0.29) is 35.9 Å². The van der Waals surface area contributed by atoms with Crippen molar-refractivity contribution in [2.75, 3.05) is 31.1 Å². The van der Waals surface area contributed by atoms with E-state index in [4.69, 9.17) is 0 Å². The fourth-order valence-corrected chi connectivity index (χ4v) is 2.93. The van der Waals surface area contributed by atoms with E-state index in [1.54, 1.807) is 0 Å². The molecule has 1 saturated heterocycles. The van der Waals surface area contributed by atoms with Gasteiger partial charge in [0.1, 0.15) is 0 Å². The zero-order chi connectivity index (χ0) is 18.1. The molecular formula is C19H32IN5O. The fraction of sp³-hybridized carbons (Fsp3) is 0.579. The average molecular weight is 473 g/mol. The van der Waals surface area contributed by atoms with Crippen LogP contribution in [0.3, 0.4) is 0 Å². The van der Waals surface area contributed by atoms with Gasteiger partial charge in [-0.1, -0.05) is 18.2 Å². The molecule has 0 spiro atoms. The molecule has 0 aliphatic carbocycles. The smallest absolute Gasteiger partial charge is 0.222 e. The molecule has 1 heterocycles. The number of carbonyl (C=O) groups excluding carboxylic acids is 1. The Hall–Kier alpha value is -1.51. The van der Waals surface area contributed by atoms with Crippen LogP contribution in [0.25, 0.3) is 0 Å². The Bertz CT molecular complexity index is 564. The number of hydrogen-bond acceptors (Lipinski definition) is 3. The van der Waals surface area contributed by atoms with Crippen LogP contribution >= 0.6 is 24.0 Å². The molecular weight excluding hydrogens is 441 g/mol. The summed E-state index contributed by atoms with van der Waals surface area (Å²) in [6.45, 7) is 9.27. The minimum Gasteiger partial charge on any atom is -0.369 e. The van der Waals surface area contributed by atoms with Gasteiger partial charge in [-0.3, -0.25) is 9.79 Å². The SMILES string of the molecule is CCNC(=NCCC(=O)NC(C)C)NC1CCN(c2ccccc2)C1.I. The zero-order valence-corrected chi connectivity index (χ0v) is 18.3. The number of anilines is 1. The van der Waals surface area contributed by atoms with Crippen LogP contribution in [0.15, 0.2) is 35.3 Å². The highest BCUT2D eigenvalue weighted by atomic mass is 127. The van der Waals surface area contributed by atoms with Crippen LogP contribution < -0.4 is 20.9 Å². The number of para-hydroxylation sites is 1. The van der Waals surface area contributed by atoms with E-state index in [2.05, 4.69) is 50.1 Å². The zero-order valence-electron chi connectivity index (χ0n) is 16.0. The van der Waals surface area contributed by atoms with Crippen molar-refractivity contribution in [3.8, 4) is 0 Å². The number of guanidine groups is 1. The number of amides is 1. The molecule has 1 atom stereocenters. The summed E-state index contributed by atoms with van der Waals surface area (Å²) < 4.78 is 0. The molecule has 146 valence electrons. The van der Waals surface area contributed by atoms with Crippen LogP contribution in [0.5, 0.6) is 0 Å². The third kappa shape index (κ3) is 7.80. The Labute approximate surface area is 174 Å². The molecule has 7 heteroatoms. The van der Waals surface area contributed by atoms with Crippen LogP contribution in [-0.2, 0) is 4.79 Å². The monoisotopic (exact) mass is 473 g/mol. The average Bonchev–Trinajstić information content (AvgIpc) is 3.03. The van der Waals surface area contributed by atoms with E-state index in [0.717, 1.165) is 32.0 Å². The summed E-state index contributed by atoms with van der Waals surface area (Å²) in [5, 5.41) is 9.65. The van der Waals surface area contributed by atoms with Gasteiger partial charge >= 0.3 is 0 Å². The lowest BCUT2D eigenvalue weighted by atomic mass is 10.2. The predicted octanol–water partition coefficient (Wildman–Crippen LogP) is 2.35. The molecule has 26 heavy (non-hydrogen) atoms. The summed E-state index contributed by atoms with van der Waals surface area (Å²) in [5.41, 5.74) is 1.26. The van der Waals surface area contributed by atoms with Gasteiger partial charge in [-0.05, 0) is 39.3 Å². The number of hydrogen-bond donors (Lipinski definition) is 3. The summed E-state index contributed by atoms with van der Waals surface area (Å²) in [6, 6.07) is 11.0. The maximum absolute atomic E-state index is 11.7. The van der Waals surface area contributed by atoms with Gasteiger partial charge in [-0.2, -0.15) is 0 Å². The minimum atomic E-state index is 0. The molecule has 1 amide bonds. The first-order valence-electron chi connectivity index (χ1n) is 9.22. The Kier molecular flexibility index (Phi) is 10.4. The molecule has 0 bridgehead atoms. The van der Waals surface area contributed by atoms with Gasteiger partial charge in [0.05, 0.1) is 6.54 Å². The van der Waals surface area contributed by atoms with Gasteiger partial charge in [0, 0.05) is 43.8 Å². The normalized spacial score (nSPS) is 17.0. The molecule has 1 aliphatic heterocycles. The highest BCUT2D eigenvalue weighted by Crippen LogP contribution is 2.19. The van der Waals surface area contributed by atoms with Crippen molar-refractivity contribution in [1.29, 1.82) is 0 Å². The number of aliphatic imine (C=N–C) groups is 1. The largest absolute Gasteiger partial charge is 0.369 e. The highest BCUT2D eigenvalue weighted by Gasteiger charge is 2.23. The number of benzene rings is 1. The van der Waals surface area contributed by atoms with Crippen molar-refractivity contribution < 1.29 is 4.79 Å². The van der Waals surface area contributed by atoms with E-state index in [1.807, 2.05) is 26.8 Å². The fourth-order valence-electron chi connectivity index (χ4n) is 2.93. The molecule has 0 saturated carbocycles. The molecule has 1 aromatic carbocycles. The number of nitrogens with one attached hydrogen (secondary N) is 3. The van der Waals surface area contributed by atoms with Crippen molar-refractivity contribution in [2.24, 2.45) is 4.99 Å². The molecule has 6 nitrogen and oxygen atoms in total. The maximum atomic E-state index is 11.7. The number of halogens is 1. The van der Waals surface area contributed by atoms with Crippen molar-refractivity contribution in [3.05, 3.63) is 30.3 Å². The maximum Gasteiger partial charge on any atom is 0.222 e. The first-order chi connectivity index (χ1) is 12.1. The second-order valence-electron chi connectivity index (χ2n) is 6.64. The second-order valence-corrected chi connectivity index (χ2v) is 6.64. The van der Waals surface area contributed by atoms with Crippen LogP contribution in [0.2, 0.25) is 0 Å². The molecule has 1 unspecified atom stereocenters. The van der Waals surface area contributed by atoms with Crippen LogP contribution in [0.4, 0.5) is 5.69 Å².